The monoisotopic (exact) mass is 623 g/mol. The molecule has 0 spiro atoms. The molecule has 0 N–H and O–H groups in total. The first kappa shape index (κ1) is 28.1. The number of benzene rings is 2. The van der Waals surface area contributed by atoms with Crippen LogP contribution in [0.2, 0.25) is 20.1 Å². The Hall–Kier alpha value is -2.49. The van der Waals surface area contributed by atoms with Crippen molar-refractivity contribution >= 4 is 62.0 Å². The molecule has 5 rings (SSSR count). The van der Waals surface area contributed by atoms with Crippen LogP contribution in [0.1, 0.15) is 42.4 Å². The van der Waals surface area contributed by atoms with Crippen LogP contribution in [0, 0.1) is 0 Å². The molecule has 12 heteroatoms. The van der Waals surface area contributed by atoms with Crippen LogP contribution in [0.4, 0.5) is 0 Å². The third-order valence-corrected chi connectivity index (χ3v) is 9.72. The van der Waals surface area contributed by atoms with Crippen LogP contribution in [0.3, 0.4) is 0 Å². The number of carbonyl (C=O) groups excluding carboxylic acids is 1. The number of hydrogen-bond acceptors (Lipinski definition) is 7. The Balaban J connectivity index is 1.33. The molecule has 1 aliphatic carbocycles. The van der Waals surface area contributed by atoms with E-state index in [1.807, 2.05) is 0 Å². The van der Waals surface area contributed by atoms with Crippen LogP contribution >= 0.6 is 46.4 Å². The number of sulfone groups is 1. The zero-order valence-electron chi connectivity index (χ0n) is 20.5. The maximum Gasteiger partial charge on any atom is 0.258 e. The second-order valence-electron chi connectivity index (χ2n) is 9.35. The molecule has 0 unspecified atom stereocenters. The second kappa shape index (κ2) is 10.8. The van der Waals surface area contributed by atoms with E-state index in [0.29, 0.717) is 54.2 Å². The van der Waals surface area contributed by atoms with Gasteiger partial charge < -0.3 is 4.52 Å². The first-order valence-corrected chi connectivity index (χ1v) is 15.2. The number of halogens is 4. The van der Waals surface area contributed by atoms with Gasteiger partial charge in [-0.15, -0.1) is 0 Å². The van der Waals surface area contributed by atoms with E-state index in [1.54, 1.807) is 43.3 Å². The number of ketones is 1. The Morgan fingerprint density at radius 2 is 1.67 bits per heavy atom. The molecular weight excluding hydrogens is 604 g/mol. The van der Waals surface area contributed by atoms with Gasteiger partial charge in [0.2, 0.25) is 0 Å². The van der Waals surface area contributed by atoms with Crippen molar-refractivity contribution in [2.24, 2.45) is 0 Å². The molecule has 0 bridgehead atoms. The van der Waals surface area contributed by atoms with Gasteiger partial charge in [-0.1, -0.05) is 58.5 Å². The van der Waals surface area contributed by atoms with Gasteiger partial charge >= 0.3 is 0 Å². The Morgan fingerprint density at radius 1 is 0.949 bits per heavy atom. The standard InChI is InChI=1S/C27H21Cl4N3O4S/c1-2-39(36,37)19-5-4-17(32-14-19)13-18(35)9-15-10-22(30)24(23(31)11-15)27(7-8-27)26-33-25(38-34-26)16-3-6-20(28)21(29)12-16/h3-6,10-12,14H,2,7-9,13H2,1H3. The van der Waals surface area contributed by atoms with Crippen molar-refractivity contribution in [2.45, 2.75) is 42.9 Å². The zero-order valence-corrected chi connectivity index (χ0v) is 24.4. The molecule has 4 aromatic rings. The van der Waals surface area contributed by atoms with E-state index in [-0.39, 0.29) is 29.3 Å². The van der Waals surface area contributed by atoms with E-state index < -0.39 is 15.3 Å². The highest BCUT2D eigenvalue weighted by Gasteiger charge is 2.52. The van der Waals surface area contributed by atoms with E-state index in [9.17, 15) is 13.2 Å². The van der Waals surface area contributed by atoms with Crippen molar-refractivity contribution in [3.8, 4) is 11.5 Å². The summed E-state index contributed by atoms with van der Waals surface area (Å²) in [5, 5.41) is 5.83. The normalized spacial score (nSPS) is 14.4. The molecule has 39 heavy (non-hydrogen) atoms. The van der Waals surface area contributed by atoms with Crippen LogP contribution in [-0.2, 0) is 32.9 Å². The molecule has 2 aromatic carbocycles. The summed E-state index contributed by atoms with van der Waals surface area (Å²) in [6.45, 7) is 1.57. The molecule has 202 valence electrons. The Bertz CT molecular complexity index is 1660. The lowest BCUT2D eigenvalue weighted by Gasteiger charge is -2.16. The molecule has 1 saturated carbocycles. The largest absolute Gasteiger partial charge is 0.334 e. The summed E-state index contributed by atoms with van der Waals surface area (Å²) in [6.07, 6.45) is 2.89. The predicted octanol–water partition coefficient (Wildman–Crippen LogP) is 6.97. The average molecular weight is 625 g/mol. The van der Waals surface area contributed by atoms with Gasteiger partial charge in [0.1, 0.15) is 5.78 Å². The average Bonchev–Trinajstić information content (AvgIpc) is 3.51. The van der Waals surface area contributed by atoms with Gasteiger partial charge in [-0.25, -0.2) is 8.42 Å². The number of rotatable bonds is 9. The molecule has 0 aliphatic heterocycles. The van der Waals surface area contributed by atoms with E-state index in [0.717, 1.165) is 12.8 Å². The minimum atomic E-state index is -3.35. The Kier molecular flexibility index (Phi) is 7.79. The van der Waals surface area contributed by atoms with Gasteiger partial charge in [0, 0.05) is 45.9 Å². The maximum absolute atomic E-state index is 12.7. The summed E-state index contributed by atoms with van der Waals surface area (Å²) in [4.78, 5) is 21.6. The predicted molar refractivity (Wildman–Crippen MR) is 151 cm³/mol. The fourth-order valence-corrected chi connectivity index (χ4v) is 6.43. The Morgan fingerprint density at radius 3 is 2.26 bits per heavy atom. The van der Waals surface area contributed by atoms with E-state index in [1.165, 1.54) is 12.3 Å². The molecule has 1 fully saturated rings. The third-order valence-electron chi connectivity index (χ3n) is 6.67. The third kappa shape index (κ3) is 5.72. The van der Waals surface area contributed by atoms with E-state index in [4.69, 9.17) is 50.9 Å². The van der Waals surface area contributed by atoms with Crippen LogP contribution in [-0.4, -0.2) is 35.1 Å². The number of carbonyl (C=O) groups is 1. The highest BCUT2D eigenvalue weighted by molar-refractivity contribution is 7.91. The first-order valence-electron chi connectivity index (χ1n) is 12.0. The summed E-state index contributed by atoms with van der Waals surface area (Å²) in [5.41, 5.74) is 1.89. The SMILES string of the molecule is CCS(=O)(=O)c1ccc(CC(=O)Cc2cc(Cl)c(C3(c4noc(-c5ccc(Cl)c(Cl)c5)n4)CC3)c(Cl)c2)nc1. The molecule has 0 radical (unpaired) electrons. The van der Waals surface area contributed by atoms with Crippen LogP contribution < -0.4 is 0 Å². The van der Waals surface area contributed by atoms with Crippen molar-refractivity contribution in [2.75, 3.05) is 5.75 Å². The van der Waals surface area contributed by atoms with Crippen LogP contribution in [0.25, 0.3) is 11.5 Å². The smallest absolute Gasteiger partial charge is 0.258 e. The van der Waals surface area contributed by atoms with Crippen molar-refractivity contribution < 1.29 is 17.7 Å². The lowest BCUT2D eigenvalue weighted by atomic mass is 9.92. The van der Waals surface area contributed by atoms with Crippen molar-refractivity contribution in [1.82, 2.24) is 15.1 Å². The summed E-state index contributed by atoms with van der Waals surface area (Å²) in [7, 11) is -3.35. The second-order valence-corrected chi connectivity index (χ2v) is 13.3. The van der Waals surface area contributed by atoms with E-state index in [2.05, 4.69) is 15.1 Å². The van der Waals surface area contributed by atoms with Gasteiger partial charge in [-0.3, -0.25) is 9.78 Å². The summed E-state index contributed by atoms with van der Waals surface area (Å²) >= 11 is 25.5. The van der Waals surface area contributed by atoms with Gasteiger partial charge in [-0.2, -0.15) is 4.98 Å². The van der Waals surface area contributed by atoms with Gasteiger partial charge in [0.25, 0.3) is 5.89 Å². The summed E-state index contributed by atoms with van der Waals surface area (Å²) in [6, 6.07) is 11.5. The van der Waals surface area contributed by atoms with Crippen molar-refractivity contribution in [3.05, 3.63) is 91.4 Å². The molecule has 0 atom stereocenters. The van der Waals surface area contributed by atoms with Crippen LogP contribution in [0.15, 0.2) is 58.1 Å². The molecule has 0 amide bonds. The van der Waals surface area contributed by atoms with Gasteiger partial charge in [0.15, 0.2) is 15.7 Å². The van der Waals surface area contributed by atoms with Crippen LogP contribution in [0.5, 0.6) is 0 Å². The molecule has 2 heterocycles. The number of nitrogens with zero attached hydrogens (tertiary/aromatic N) is 3. The minimum absolute atomic E-state index is 0.0170. The molecule has 0 saturated heterocycles. The topological polar surface area (TPSA) is 103 Å². The minimum Gasteiger partial charge on any atom is -0.334 e. The number of aromatic nitrogens is 3. The van der Waals surface area contributed by atoms with Crippen molar-refractivity contribution in [1.29, 1.82) is 0 Å². The highest BCUT2D eigenvalue weighted by Crippen LogP contribution is 2.56. The van der Waals surface area contributed by atoms with Gasteiger partial charge in [0.05, 0.1) is 26.1 Å². The molecule has 1 aliphatic rings. The van der Waals surface area contributed by atoms with Gasteiger partial charge in [-0.05, 0) is 60.9 Å². The molecule has 2 aromatic heterocycles. The Labute approximate surface area is 245 Å². The maximum atomic E-state index is 12.7. The lowest BCUT2D eigenvalue weighted by Crippen LogP contribution is -2.14. The first-order chi connectivity index (χ1) is 18.5. The number of hydrogen-bond donors (Lipinski definition) is 0. The number of Topliss-reactive ketones (excluding diaryl/α,β-unsaturated/α-hetero) is 1. The van der Waals surface area contributed by atoms with E-state index >= 15 is 0 Å². The zero-order chi connectivity index (χ0) is 27.9. The summed E-state index contributed by atoms with van der Waals surface area (Å²) in [5.74, 6) is 0.643. The molecular formula is C27H21Cl4N3O4S. The molecule has 7 nitrogen and oxygen atoms in total. The fraction of sp³-hybridized carbons (Fsp3) is 0.259. The number of pyridine rings is 1. The summed E-state index contributed by atoms with van der Waals surface area (Å²) < 4.78 is 29.4. The quantitative estimate of drug-likeness (QED) is 0.198. The highest BCUT2D eigenvalue weighted by atomic mass is 35.5. The van der Waals surface area contributed by atoms with Crippen molar-refractivity contribution in [3.63, 3.8) is 0 Å². The fourth-order valence-electron chi connectivity index (χ4n) is 4.42. The lowest BCUT2D eigenvalue weighted by molar-refractivity contribution is -0.117.